The van der Waals surface area contributed by atoms with Gasteiger partial charge in [0.15, 0.2) is 0 Å². The van der Waals surface area contributed by atoms with Gasteiger partial charge in [-0.1, -0.05) is 0 Å². The molecule has 1 aliphatic rings. The van der Waals surface area contributed by atoms with E-state index in [2.05, 4.69) is 9.35 Å². The van der Waals surface area contributed by atoms with Crippen LogP contribution in [0.4, 0.5) is 0 Å². The molecule has 0 amide bonds. The van der Waals surface area contributed by atoms with Gasteiger partial charge in [0.05, 0.1) is 0 Å². The third-order valence-electron chi connectivity index (χ3n) is 0.275. The second kappa shape index (κ2) is 4.18. The zero-order valence-electron chi connectivity index (χ0n) is 3.46. The van der Waals surface area contributed by atoms with Crippen LogP contribution in [-0.4, -0.2) is 33.5 Å². The number of hydrogen-bond donors (Lipinski definition) is 3. The van der Waals surface area contributed by atoms with Crippen molar-refractivity contribution in [2.24, 2.45) is 0 Å². The Morgan fingerprint density at radius 1 is 1.00 bits per heavy atom. The van der Waals surface area contributed by atoms with Gasteiger partial charge in [-0.25, -0.2) is 0 Å². The van der Waals surface area contributed by atoms with Crippen LogP contribution in [0.25, 0.3) is 0 Å². The average Bonchev–Trinajstić information content (AvgIpc) is 1.73. The minimum Gasteiger partial charge on any atom is 0 e. The van der Waals surface area contributed by atoms with E-state index in [9.17, 15) is 0 Å². The summed E-state index contributed by atoms with van der Waals surface area (Å²) < 4.78 is 6.76. The van der Waals surface area contributed by atoms with Crippen LogP contribution in [0.15, 0.2) is 0 Å². The first-order valence-corrected chi connectivity index (χ1v) is 3.06. The Bertz CT molecular complexity index is 80.7. The van der Waals surface area contributed by atoms with Crippen molar-refractivity contribution < 1.29 is 62.8 Å². The predicted molar refractivity (Wildman–Crippen MR) is 22.9 cm³/mol. The molecular weight excluding hydrogens is 222 g/mol. The fourth-order valence-corrected chi connectivity index (χ4v) is 0.402. The first-order valence-electron chi connectivity index (χ1n) is 1.13. The average molecular weight is 226 g/mol. The van der Waals surface area contributed by atoms with Crippen LogP contribution >= 0.6 is 7.74 Å². The molecule has 0 unspecified atom stereocenters. The number of rotatable bonds is 0. The molecular formula is H4FeLiO5PTi. The third kappa shape index (κ3) is 7.96. The largest absolute Gasteiger partial charge is 0 e. The summed E-state index contributed by atoms with van der Waals surface area (Å²) in [7, 11) is -4.80. The molecule has 0 saturated carbocycles. The van der Waals surface area contributed by atoms with Gasteiger partial charge >= 0.3 is 50.6 Å². The summed E-state index contributed by atoms with van der Waals surface area (Å²) in [6, 6.07) is 0. The third-order valence-corrected chi connectivity index (χ3v) is 0.824. The molecule has 9 heteroatoms. The summed E-state index contributed by atoms with van der Waals surface area (Å²) in [5.41, 5.74) is 0. The van der Waals surface area contributed by atoms with Crippen molar-refractivity contribution in [3.8, 4) is 0 Å². The minimum absolute atomic E-state index is 0. The normalized spacial score (nSPS) is 28.6. The summed E-state index contributed by atoms with van der Waals surface area (Å²) in [5.74, 6) is 0. The molecule has 3 N–H and O–H groups in total. The van der Waals surface area contributed by atoms with E-state index in [-0.39, 0.29) is 57.6 Å². The van der Waals surface area contributed by atoms with Crippen molar-refractivity contribution in [1.82, 2.24) is 0 Å². The van der Waals surface area contributed by atoms with Crippen LogP contribution in [0.3, 0.4) is 0 Å². The Kier molecular flexibility index (Phi) is 8.00. The summed E-state index contributed by atoms with van der Waals surface area (Å²) in [6.45, 7) is 0. The van der Waals surface area contributed by atoms with E-state index in [1.54, 1.807) is 0 Å². The Labute approximate surface area is 88.9 Å². The van der Waals surface area contributed by atoms with Crippen LogP contribution in [0.2, 0.25) is 0 Å². The van der Waals surface area contributed by atoms with Gasteiger partial charge in [0.2, 0.25) is 0 Å². The van der Waals surface area contributed by atoms with Crippen molar-refractivity contribution in [2.45, 2.75) is 0 Å². The van der Waals surface area contributed by atoms with E-state index in [4.69, 9.17) is 14.7 Å². The molecule has 1 fully saturated rings. The zero-order chi connectivity index (χ0) is 4.86. The maximum absolute atomic E-state index is 7.89. The predicted octanol–water partition coefficient (Wildman–Crippen LogP) is -1.60. The van der Waals surface area contributed by atoms with Crippen molar-refractivity contribution in [2.75, 3.05) is 0 Å². The molecule has 0 spiro atoms. The first-order chi connectivity index (χ1) is 2.47. The van der Waals surface area contributed by atoms with Crippen LogP contribution < -0.4 is 0 Å². The van der Waals surface area contributed by atoms with Crippen molar-refractivity contribution in [1.29, 1.82) is 0 Å². The summed E-state index contributed by atoms with van der Waals surface area (Å²) >= 11 is 0. The molecule has 1 heterocycles. The van der Waals surface area contributed by atoms with E-state index in [0.717, 1.165) is 0 Å². The Morgan fingerprint density at radius 3 is 1.11 bits per heavy atom. The number of hydrogen-bond acceptors (Lipinski definition) is 5. The van der Waals surface area contributed by atoms with E-state index >= 15 is 0 Å². The van der Waals surface area contributed by atoms with E-state index in [0.29, 0.717) is 0 Å². The molecule has 0 bridgehead atoms. The molecule has 9 heavy (non-hydrogen) atoms. The second-order valence-electron chi connectivity index (χ2n) is 0.982. The zero-order valence-corrected chi connectivity index (χ0v) is 7.02. The maximum atomic E-state index is 7.89. The van der Waals surface area contributed by atoms with E-state index in [1.807, 2.05) is 0 Å². The molecule has 1 saturated heterocycles. The van der Waals surface area contributed by atoms with Gasteiger partial charge in [0, 0.05) is 38.8 Å². The summed E-state index contributed by atoms with van der Waals surface area (Å²) in [5, 5.41) is 0. The fourth-order valence-electron chi connectivity index (χ4n) is 0.0447. The molecule has 0 aromatic rings. The van der Waals surface area contributed by atoms with E-state index in [1.165, 1.54) is 0 Å². The van der Waals surface area contributed by atoms with Gasteiger partial charge in [-0.3, -0.25) is 0 Å². The van der Waals surface area contributed by atoms with Crippen LogP contribution in [0.5, 0.6) is 0 Å². The standard InChI is InChI=1S/Fe.Li.H3O5P.Ti.H/c;;1-6(2,3)4-5-6;;/h;;1-3H;;. The van der Waals surface area contributed by atoms with Gasteiger partial charge in [-0.2, -0.15) is 0 Å². The second-order valence-corrected chi connectivity index (χ2v) is 2.95. The molecule has 5 nitrogen and oxygen atoms in total. The molecule has 0 atom stereocenters. The van der Waals surface area contributed by atoms with Crippen molar-refractivity contribution >= 4 is 26.6 Å². The Morgan fingerprint density at radius 2 is 1.11 bits per heavy atom. The van der Waals surface area contributed by atoms with Gasteiger partial charge in [0.25, 0.3) is 0 Å². The molecule has 0 aliphatic carbocycles. The van der Waals surface area contributed by atoms with Gasteiger partial charge in [0.1, 0.15) is 0 Å². The molecule has 52 valence electrons. The van der Waals surface area contributed by atoms with Crippen molar-refractivity contribution in [3.63, 3.8) is 0 Å². The monoisotopic (exact) mass is 226 g/mol. The van der Waals surface area contributed by atoms with Crippen LogP contribution in [-0.2, 0) is 48.1 Å². The minimum atomic E-state index is -4.80. The fraction of sp³-hybridized carbons (Fsp3) is 0. The molecule has 0 aromatic carbocycles. The molecule has 1 aliphatic heterocycles. The van der Waals surface area contributed by atoms with Crippen LogP contribution in [0, 0.1) is 0 Å². The summed E-state index contributed by atoms with van der Waals surface area (Å²) in [4.78, 5) is 23.7. The maximum Gasteiger partial charge on any atom is 0 e. The van der Waals surface area contributed by atoms with E-state index < -0.39 is 7.74 Å². The Hall–Kier alpha value is 2.06. The topological polar surface area (TPSA) is 85.8 Å². The SMILES string of the molecule is OP1(O)(O)OO1.[Fe].[LiH].[Ti]. The van der Waals surface area contributed by atoms with Gasteiger partial charge in [-0.15, -0.1) is 0 Å². The smallest absolute Gasteiger partial charge is 0 e. The van der Waals surface area contributed by atoms with Gasteiger partial charge in [-0.05, 0) is 0 Å². The summed E-state index contributed by atoms with van der Waals surface area (Å²) in [6.07, 6.45) is 0. The van der Waals surface area contributed by atoms with Gasteiger partial charge < -0.3 is 0 Å². The van der Waals surface area contributed by atoms with Crippen LogP contribution in [0.1, 0.15) is 0 Å². The quantitative estimate of drug-likeness (QED) is 0.200. The first kappa shape index (κ1) is 17.2. The molecule has 1 rings (SSSR count). The molecule has 0 radical (unpaired) electrons. The van der Waals surface area contributed by atoms with Crippen molar-refractivity contribution in [3.05, 3.63) is 0 Å². The molecule has 0 aromatic heterocycles. The Balaban J connectivity index is -0.000000120.